The number of aromatic carboxylic acids is 1. The molecule has 0 aliphatic carbocycles. The normalized spacial score (nSPS) is 11.0. The Morgan fingerprint density at radius 2 is 1.90 bits per heavy atom. The van der Waals surface area contributed by atoms with E-state index in [1.807, 2.05) is 20.8 Å². The highest BCUT2D eigenvalue weighted by Crippen LogP contribution is 2.24. The first-order valence-electron chi connectivity index (χ1n) is 6.43. The van der Waals surface area contributed by atoms with Crippen LogP contribution < -0.4 is 10.6 Å². The van der Waals surface area contributed by atoms with E-state index in [1.54, 1.807) is 6.07 Å². The van der Waals surface area contributed by atoms with E-state index < -0.39 is 5.97 Å². The number of hydrogen-bond donors (Lipinski definition) is 3. The summed E-state index contributed by atoms with van der Waals surface area (Å²) in [7, 11) is 0. The van der Waals surface area contributed by atoms with Gasteiger partial charge in [-0.1, -0.05) is 13.8 Å². The van der Waals surface area contributed by atoms with Gasteiger partial charge in [-0.05, 0) is 53.9 Å². The number of hydrogen-bond acceptors (Lipinski definition) is 2. The number of carbonyl (C=O) groups is 2. The van der Waals surface area contributed by atoms with E-state index in [2.05, 4.69) is 26.6 Å². The van der Waals surface area contributed by atoms with Crippen LogP contribution in [0.1, 0.15) is 44.0 Å². The zero-order valence-corrected chi connectivity index (χ0v) is 13.4. The molecule has 0 atom stereocenters. The predicted octanol–water partition coefficient (Wildman–Crippen LogP) is 3.85. The highest BCUT2D eigenvalue weighted by atomic mass is 79.9. The van der Waals surface area contributed by atoms with Crippen molar-refractivity contribution in [3.63, 3.8) is 0 Å². The van der Waals surface area contributed by atoms with Crippen LogP contribution in [-0.4, -0.2) is 22.6 Å². The van der Waals surface area contributed by atoms with Gasteiger partial charge in [-0.3, -0.25) is 0 Å². The zero-order valence-electron chi connectivity index (χ0n) is 11.8. The molecule has 0 saturated heterocycles. The minimum Gasteiger partial charge on any atom is -0.478 e. The summed E-state index contributed by atoms with van der Waals surface area (Å²) in [6.45, 7) is 6.01. The van der Waals surface area contributed by atoms with Crippen molar-refractivity contribution in [3.8, 4) is 0 Å². The van der Waals surface area contributed by atoms with Gasteiger partial charge in [0.25, 0.3) is 0 Å². The number of nitrogens with one attached hydrogen (secondary N) is 2. The lowest BCUT2D eigenvalue weighted by Gasteiger charge is -2.28. The molecule has 0 heterocycles. The smallest absolute Gasteiger partial charge is 0.335 e. The predicted molar refractivity (Wildman–Crippen MR) is 82.2 cm³/mol. The fourth-order valence-corrected chi connectivity index (χ4v) is 2.08. The van der Waals surface area contributed by atoms with Crippen LogP contribution in [0.25, 0.3) is 0 Å². The summed E-state index contributed by atoms with van der Waals surface area (Å²) in [4.78, 5) is 22.8. The van der Waals surface area contributed by atoms with Gasteiger partial charge in [-0.2, -0.15) is 0 Å². The summed E-state index contributed by atoms with van der Waals surface area (Å²) in [5.41, 5.74) is 0.439. The Morgan fingerprint density at radius 3 is 2.35 bits per heavy atom. The Morgan fingerprint density at radius 1 is 1.30 bits per heavy atom. The average Bonchev–Trinajstić information content (AvgIpc) is 2.40. The fraction of sp³-hybridized carbons (Fsp3) is 0.429. The van der Waals surface area contributed by atoms with Crippen LogP contribution in [0.4, 0.5) is 10.5 Å². The third-order valence-electron chi connectivity index (χ3n) is 3.44. The minimum atomic E-state index is -1.01. The molecule has 0 aliphatic rings. The molecule has 0 radical (unpaired) electrons. The molecular weight excluding hydrogens is 324 g/mol. The summed E-state index contributed by atoms with van der Waals surface area (Å²) in [6.07, 6.45) is 1.66. The maximum Gasteiger partial charge on any atom is 0.335 e. The van der Waals surface area contributed by atoms with Crippen molar-refractivity contribution in [2.75, 3.05) is 5.32 Å². The largest absolute Gasteiger partial charge is 0.478 e. The molecule has 0 bridgehead atoms. The highest BCUT2D eigenvalue weighted by Gasteiger charge is 2.22. The van der Waals surface area contributed by atoms with Crippen molar-refractivity contribution in [1.82, 2.24) is 5.32 Å². The van der Waals surface area contributed by atoms with Crippen molar-refractivity contribution in [1.29, 1.82) is 0 Å². The number of halogens is 1. The molecule has 1 aromatic rings. The van der Waals surface area contributed by atoms with E-state index in [9.17, 15) is 9.59 Å². The van der Waals surface area contributed by atoms with E-state index in [1.165, 1.54) is 12.1 Å². The van der Waals surface area contributed by atoms with Crippen LogP contribution in [-0.2, 0) is 0 Å². The second-order valence-electron chi connectivity index (χ2n) is 4.85. The monoisotopic (exact) mass is 342 g/mol. The van der Waals surface area contributed by atoms with Gasteiger partial charge in [0.2, 0.25) is 0 Å². The number of carbonyl (C=O) groups excluding carboxylic acids is 1. The maximum atomic E-state index is 12.0. The first-order valence-corrected chi connectivity index (χ1v) is 7.22. The topological polar surface area (TPSA) is 78.4 Å². The first-order chi connectivity index (χ1) is 9.31. The van der Waals surface area contributed by atoms with Crippen molar-refractivity contribution in [3.05, 3.63) is 28.2 Å². The second-order valence-corrected chi connectivity index (χ2v) is 5.70. The van der Waals surface area contributed by atoms with E-state index in [4.69, 9.17) is 5.11 Å². The minimum absolute atomic E-state index is 0.162. The number of carboxylic acid groups (broad SMARTS) is 1. The van der Waals surface area contributed by atoms with E-state index >= 15 is 0 Å². The molecule has 0 aromatic heterocycles. The highest BCUT2D eigenvalue weighted by molar-refractivity contribution is 9.10. The number of anilines is 1. The van der Waals surface area contributed by atoms with Gasteiger partial charge < -0.3 is 15.7 Å². The summed E-state index contributed by atoms with van der Waals surface area (Å²) < 4.78 is 0.530. The lowest BCUT2D eigenvalue weighted by atomic mass is 9.96. The summed E-state index contributed by atoms with van der Waals surface area (Å²) in [5.74, 6) is -1.01. The Bertz CT molecular complexity index is 513. The van der Waals surface area contributed by atoms with Crippen molar-refractivity contribution >= 4 is 33.6 Å². The Kier molecular flexibility index (Phi) is 5.56. The molecule has 0 fully saturated rings. The van der Waals surface area contributed by atoms with Gasteiger partial charge in [0.15, 0.2) is 0 Å². The van der Waals surface area contributed by atoms with Gasteiger partial charge in [0.1, 0.15) is 0 Å². The average molecular weight is 343 g/mol. The number of amides is 2. The van der Waals surface area contributed by atoms with Crippen LogP contribution in [0, 0.1) is 0 Å². The molecule has 5 nitrogen and oxygen atoms in total. The third kappa shape index (κ3) is 4.23. The number of carboxylic acids is 1. The number of rotatable bonds is 5. The second kappa shape index (κ2) is 6.74. The van der Waals surface area contributed by atoms with Crippen LogP contribution in [0.5, 0.6) is 0 Å². The first kappa shape index (κ1) is 16.5. The molecule has 2 amide bonds. The lowest BCUT2D eigenvalue weighted by Crippen LogP contribution is -2.46. The number of urea groups is 1. The third-order valence-corrected chi connectivity index (χ3v) is 4.10. The molecule has 1 rings (SSSR count). The Labute approximate surface area is 126 Å². The molecule has 3 N–H and O–H groups in total. The Hall–Kier alpha value is -1.56. The van der Waals surface area contributed by atoms with Gasteiger partial charge >= 0.3 is 12.0 Å². The van der Waals surface area contributed by atoms with Crippen LogP contribution >= 0.6 is 15.9 Å². The maximum absolute atomic E-state index is 12.0. The van der Waals surface area contributed by atoms with Gasteiger partial charge in [-0.15, -0.1) is 0 Å². The van der Waals surface area contributed by atoms with E-state index in [-0.39, 0.29) is 17.1 Å². The number of benzene rings is 1. The fourth-order valence-electron chi connectivity index (χ4n) is 1.60. The van der Waals surface area contributed by atoms with Gasteiger partial charge in [0.05, 0.1) is 11.3 Å². The van der Waals surface area contributed by atoms with Gasteiger partial charge in [0, 0.05) is 10.0 Å². The molecule has 0 unspecified atom stereocenters. The SMILES string of the molecule is CCC(C)(CC)NC(=O)Nc1ccc(C(=O)O)cc1Br. The Balaban J connectivity index is 2.79. The molecule has 20 heavy (non-hydrogen) atoms. The molecular formula is C14H19BrN2O3. The molecule has 0 spiro atoms. The van der Waals surface area contributed by atoms with Crippen LogP contribution in [0.2, 0.25) is 0 Å². The molecule has 0 aliphatic heterocycles. The summed E-state index contributed by atoms with van der Waals surface area (Å²) in [5, 5.41) is 14.5. The summed E-state index contributed by atoms with van der Waals surface area (Å²) >= 11 is 3.25. The molecule has 110 valence electrons. The van der Waals surface area contributed by atoms with E-state index in [0.717, 1.165) is 12.8 Å². The van der Waals surface area contributed by atoms with Crippen molar-refractivity contribution in [2.45, 2.75) is 39.2 Å². The standard InChI is InChI=1S/C14H19BrN2O3/c1-4-14(3,5-2)17-13(20)16-11-7-6-9(12(18)19)8-10(11)15/h6-8H,4-5H2,1-3H3,(H,18,19)(H2,16,17,20). The molecule has 6 heteroatoms. The van der Waals surface area contributed by atoms with Crippen LogP contribution in [0.3, 0.4) is 0 Å². The quantitative estimate of drug-likeness (QED) is 0.760. The van der Waals surface area contributed by atoms with Crippen molar-refractivity contribution < 1.29 is 14.7 Å². The lowest BCUT2D eigenvalue weighted by molar-refractivity contribution is 0.0697. The van der Waals surface area contributed by atoms with Gasteiger partial charge in [-0.25, -0.2) is 9.59 Å². The molecule has 1 aromatic carbocycles. The molecule has 0 saturated carbocycles. The summed E-state index contributed by atoms with van der Waals surface area (Å²) in [6, 6.07) is 4.15. The van der Waals surface area contributed by atoms with Crippen LogP contribution in [0.15, 0.2) is 22.7 Å². The van der Waals surface area contributed by atoms with E-state index in [0.29, 0.717) is 10.2 Å². The zero-order chi connectivity index (χ0) is 15.3. The van der Waals surface area contributed by atoms with Crippen molar-refractivity contribution in [2.24, 2.45) is 0 Å².